The molecular weight excluding hydrogens is 311 g/mol. The minimum Gasteiger partial charge on any atom is -0.378 e. The number of nitrogens with one attached hydrogen (secondary N) is 2. The molecule has 0 spiro atoms. The second-order valence-corrected chi connectivity index (χ2v) is 6.58. The number of halogens is 1. The van der Waals surface area contributed by atoms with Crippen molar-refractivity contribution in [3.8, 4) is 0 Å². The minimum absolute atomic E-state index is 0.0902. The minimum atomic E-state index is -0.363. The Balaban J connectivity index is 1.70. The molecule has 2 amide bonds. The highest BCUT2D eigenvalue weighted by atomic mass is 19.1. The van der Waals surface area contributed by atoms with E-state index in [0.29, 0.717) is 30.6 Å². The lowest BCUT2D eigenvalue weighted by Gasteiger charge is -2.31. The molecule has 0 radical (unpaired) electrons. The van der Waals surface area contributed by atoms with E-state index in [1.807, 2.05) is 0 Å². The summed E-state index contributed by atoms with van der Waals surface area (Å²) in [6.45, 7) is 4.83. The van der Waals surface area contributed by atoms with Crippen LogP contribution in [0.5, 0.6) is 0 Å². The third-order valence-electron chi connectivity index (χ3n) is 4.22. The molecule has 2 rings (SSSR count). The van der Waals surface area contributed by atoms with E-state index >= 15 is 0 Å². The predicted octanol–water partition coefficient (Wildman–Crippen LogP) is 2.72. The standard InChI is InChI=1S/C18H25FN2O3/c1-12(2)16-9-13(7-8-24-16)10-17(22)20-11-18(23)21-15-5-3-14(19)4-6-15/h3-6,12-13,16H,7-11H2,1-2H3,(H,20,22)(H,21,23). The molecule has 2 N–H and O–H groups in total. The van der Waals surface area contributed by atoms with Crippen molar-refractivity contribution in [3.05, 3.63) is 30.1 Å². The van der Waals surface area contributed by atoms with Crippen molar-refractivity contribution in [1.29, 1.82) is 0 Å². The van der Waals surface area contributed by atoms with Crippen molar-refractivity contribution in [2.24, 2.45) is 11.8 Å². The number of benzene rings is 1. The van der Waals surface area contributed by atoms with Gasteiger partial charge in [0.05, 0.1) is 12.6 Å². The van der Waals surface area contributed by atoms with E-state index < -0.39 is 0 Å². The number of anilines is 1. The summed E-state index contributed by atoms with van der Waals surface area (Å²) in [7, 11) is 0. The van der Waals surface area contributed by atoms with Crippen molar-refractivity contribution in [2.45, 2.75) is 39.2 Å². The Morgan fingerprint density at radius 3 is 2.62 bits per heavy atom. The Kier molecular flexibility index (Phi) is 6.73. The molecule has 6 heteroatoms. The molecule has 1 heterocycles. The highest BCUT2D eigenvalue weighted by molar-refractivity contribution is 5.94. The molecule has 132 valence electrons. The Labute approximate surface area is 142 Å². The zero-order chi connectivity index (χ0) is 17.5. The maximum atomic E-state index is 12.8. The average Bonchev–Trinajstić information content (AvgIpc) is 2.55. The van der Waals surface area contributed by atoms with Gasteiger partial charge in [0.25, 0.3) is 0 Å². The SMILES string of the molecule is CC(C)C1CC(CC(=O)NCC(=O)Nc2ccc(F)cc2)CCO1. The predicted molar refractivity (Wildman–Crippen MR) is 90.0 cm³/mol. The Bertz CT molecular complexity index is 560. The zero-order valence-electron chi connectivity index (χ0n) is 14.2. The van der Waals surface area contributed by atoms with Gasteiger partial charge >= 0.3 is 0 Å². The van der Waals surface area contributed by atoms with Crippen LogP contribution >= 0.6 is 0 Å². The molecule has 5 nitrogen and oxygen atoms in total. The van der Waals surface area contributed by atoms with E-state index in [1.165, 1.54) is 24.3 Å². The number of amides is 2. The molecule has 0 aliphatic carbocycles. The molecule has 1 aliphatic rings. The molecule has 1 aliphatic heterocycles. The summed E-state index contributed by atoms with van der Waals surface area (Å²) in [5.74, 6) is -0.0817. The maximum absolute atomic E-state index is 12.8. The highest BCUT2D eigenvalue weighted by Crippen LogP contribution is 2.27. The van der Waals surface area contributed by atoms with Crippen LogP contribution in [0, 0.1) is 17.7 Å². The number of carbonyl (C=O) groups is 2. The number of rotatable bonds is 6. The maximum Gasteiger partial charge on any atom is 0.243 e. The van der Waals surface area contributed by atoms with E-state index in [1.54, 1.807) is 0 Å². The van der Waals surface area contributed by atoms with Gasteiger partial charge in [0.1, 0.15) is 5.82 Å². The summed E-state index contributed by atoms with van der Waals surface area (Å²) in [6.07, 6.45) is 2.38. The topological polar surface area (TPSA) is 67.4 Å². The molecule has 0 bridgehead atoms. The number of carbonyl (C=O) groups excluding carboxylic acids is 2. The van der Waals surface area contributed by atoms with Crippen LogP contribution in [0.1, 0.15) is 33.1 Å². The Morgan fingerprint density at radius 2 is 1.96 bits per heavy atom. The van der Waals surface area contributed by atoms with Crippen LogP contribution < -0.4 is 10.6 Å². The number of hydrogen-bond acceptors (Lipinski definition) is 3. The van der Waals surface area contributed by atoms with E-state index in [-0.39, 0.29) is 30.3 Å². The van der Waals surface area contributed by atoms with Crippen molar-refractivity contribution >= 4 is 17.5 Å². The summed E-state index contributed by atoms with van der Waals surface area (Å²) in [6, 6.07) is 5.49. The third kappa shape index (κ3) is 5.92. The number of hydrogen-bond donors (Lipinski definition) is 2. The smallest absolute Gasteiger partial charge is 0.243 e. The van der Waals surface area contributed by atoms with Crippen LogP contribution in [0.15, 0.2) is 24.3 Å². The molecule has 1 saturated heterocycles. The van der Waals surface area contributed by atoms with Gasteiger partial charge in [0, 0.05) is 18.7 Å². The van der Waals surface area contributed by atoms with E-state index in [0.717, 1.165) is 12.8 Å². The summed E-state index contributed by atoms with van der Waals surface area (Å²) in [4.78, 5) is 23.8. The van der Waals surface area contributed by atoms with Crippen molar-refractivity contribution in [2.75, 3.05) is 18.5 Å². The van der Waals surface area contributed by atoms with Crippen molar-refractivity contribution in [1.82, 2.24) is 5.32 Å². The Morgan fingerprint density at radius 1 is 1.25 bits per heavy atom. The van der Waals surface area contributed by atoms with E-state index in [4.69, 9.17) is 4.74 Å². The van der Waals surface area contributed by atoms with Gasteiger partial charge in [-0.3, -0.25) is 9.59 Å². The van der Waals surface area contributed by atoms with Gasteiger partial charge in [-0.2, -0.15) is 0 Å². The first kappa shape index (κ1) is 18.4. The average molecular weight is 336 g/mol. The first-order chi connectivity index (χ1) is 11.4. The first-order valence-corrected chi connectivity index (χ1v) is 8.37. The fourth-order valence-corrected chi connectivity index (χ4v) is 2.80. The molecule has 1 fully saturated rings. The van der Waals surface area contributed by atoms with Gasteiger partial charge in [-0.1, -0.05) is 13.8 Å². The third-order valence-corrected chi connectivity index (χ3v) is 4.22. The number of ether oxygens (including phenoxy) is 1. The van der Waals surface area contributed by atoms with Crippen molar-refractivity contribution < 1.29 is 18.7 Å². The summed E-state index contributed by atoms with van der Waals surface area (Å²) in [5.41, 5.74) is 0.500. The van der Waals surface area contributed by atoms with E-state index in [2.05, 4.69) is 24.5 Å². The fourth-order valence-electron chi connectivity index (χ4n) is 2.80. The van der Waals surface area contributed by atoms with Crippen LogP contribution in [0.25, 0.3) is 0 Å². The first-order valence-electron chi connectivity index (χ1n) is 8.37. The van der Waals surface area contributed by atoms with Gasteiger partial charge in [-0.05, 0) is 48.9 Å². The molecule has 1 aromatic rings. The van der Waals surface area contributed by atoms with Crippen LogP contribution in [0.3, 0.4) is 0 Å². The lowest BCUT2D eigenvalue weighted by atomic mass is 9.88. The van der Waals surface area contributed by atoms with Gasteiger partial charge < -0.3 is 15.4 Å². The second-order valence-electron chi connectivity index (χ2n) is 6.58. The van der Waals surface area contributed by atoms with Crippen LogP contribution in [0.2, 0.25) is 0 Å². The lowest BCUT2D eigenvalue weighted by Crippen LogP contribution is -2.36. The summed E-state index contributed by atoms with van der Waals surface area (Å²) < 4.78 is 18.5. The van der Waals surface area contributed by atoms with Gasteiger partial charge in [0.2, 0.25) is 11.8 Å². The molecule has 2 atom stereocenters. The molecule has 0 aromatic heterocycles. The monoisotopic (exact) mass is 336 g/mol. The zero-order valence-corrected chi connectivity index (χ0v) is 14.2. The van der Waals surface area contributed by atoms with E-state index in [9.17, 15) is 14.0 Å². The molecule has 1 aromatic carbocycles. The molecule has 0 saturated carbocycles. The normalized spacial score (nSPS) is 20.7. The summed E-state index contributed by atoms with van der Waals surface area (Å²) >= 11 is 0. The van der Waals surface area contributed by atoms with Gasteiger partial charge in [0.15, 0.2) is 0 Å². The molecule has 24 heavy (non-hydrogen) atoms. The quantitative estimate of drug-likeness (QED) is 0.839. The van der Waals surface area contributed by atoms with Crippen LogP contribution in [-0.4, -0.2) is 31.1 Å². The van der Waals surface area contributed by atoms with Gasteiger partial charge in [-0.15, -0.1) is 0 Å². The largest absolute Gasteiger partial charge is 0.378 e. The van der Waals surface area contributed by atoms with Crippen LogP contribution in [-0.2, 0) is 14.3 Å². The highest BCUT2D eigenvalue weighted by Gasteiger charge is 2.26. The lowest BCUT2D eigenvalue weighted by molar-refractivity contribution is -0.126. The van der Waals surface area contributed by atoms with Crippen LogP contribution in [0.4, 0.5) is 10.1 Å². The molecule has 2 unspecified atom stereocenters. The molecular formula is C18H25FN2O3. The Hall–Kier alpha value is -1.95. The summed E-state index contributed by atoms with van der Waals surface area (Å²) in [5, 5.41) is 5.25. The fraction of sp³-hybridized carbons (Fsp3) is 0.556. The van der Waals surface area contributed by atoms with Gasteiger partial charge in [-0.25, -0.2) is 4.39 Å². The van der Waals surface area contributed by atoms with Crippen molar-refractivity contribution in [3.63, 3.8) is 0 Å². The second kappa shape index (κ2) is 8.78.